The van der Waals surface area contributed by atoms with E-state index in [-0.39, 0.29) is 53.0 Å². The molecular formula is C37H45N5O9S. The highest BCUT2D eigenvalue weighted by atomic mass is 32.2. The summed E-state index contributed by atoms with van der Waals surface area (Å²) in [6, 6.07) is 11.3. The van der Waals surface area contributed by atoms with Gasteiger partial charge in [-0.15, -0.1) is 0 Å². The van der Waals surface area contributed by atoms with Gasteiger partial charge in [0.2, 0.25) is 5.91 Å². The lowest BCUT2D eigenvalue weighted by molar-refractivity contribution is -0.134. The zero-order valence-electron chi connectivity index (χ0n) is 30.4. The summed E-state index contributed by atoms with van der Waals surface area (Å²) in [4.78, 5) is 47.1. The number of aryl methyl sites for hydroxylation is 3. The summed E-state index contributed by atoms with van der Waals surface area (Å²) in [5.74, 6) is 0.253. The predicted molar refractivity (Wildman–Crippen MR) is 193 cm³/mol. The van der Waals surface area contributed by atoms with Crippen LogP contribution in [-0.4, -0.2) is 87.2 Å². The molecule has 1 aliphatic heterocycles. The molecule has 278 valence electrons. The largest absolute Gasteiger partial charge is 0.465 e. The molecule has 4 aromatic rings. The number of amides is 1. The Morgan fingerprint density at radius 3 is 2.40 bits per heavy atom. The maximum Gasteiger partial charge on any atom is 0.338 e. The highest BCUT2D eigenvalue weighted by Crippen LogP contribution is 2.35. The van der Waals surface area contributed by atoms with Gasteiger partial charge < -0.3 is 23.6 Å². The number of hydrogen-bond acceptors (Lipinski definition) is 11. The van der Waals surface area contributed by atoms with Gasteiger partial charge in [-0.05, 0) is 50.5 Å². The fourth-order valence-corrected chi connectivity index (χ4v) is 7.73. The van der Waals surface area contributed by atoms with Gasteiger partial charge in [0, 0.05) is 49.0 Å². The Hall–Kier alpha value is -4.86. The summed E-state index contributed by atoms with van der Waals surface area (Å²) >= 11 is 0. The van der Waals surface area contributed by atoms with Crippen molar-refractivity contribution < 1.29 is 36.7 Å². The Balaban J connectivity index is 1.58. The Morgan fingerprint density at radius 2 is 1.75 bits per heavy atom. The third kappa shape index (κ3) is 7.96. The zero-order valence-corrected chi connectivity index (χ0v) is 31.2. The van der Waals surface area contributed by atoms with E-state index in [1.807, 2.05) is 6.92 Å². The second-order valence-corrected chi connectivity index (χ2v) is 14.4. The van der Waals surface area contributed by atoms with Crippen LogP contribution in [0.4, 0.5) is 5.82 Å². The number of rotatable bonds is 14. The van der Waals surface area contributed by atoms with Gasteiger partial charge in [0.15, 0.2) is 5.82 Å². The molecule has 0 N–H and O–H groups in total. The van der Waals surface area contributed by atoms with E-state index in [1.54, 1.807) is 66.6 Å². The second-order valence-electron chi connectivity index (χ2n) is 12.6. The van der Waals surface area contributed by atoms with Gasteiger partial charge in [-0.3, -0.25) is 14.2 Å². The van der Waals surface area contributed by atoms with E-state index >= 15 is 0 Å². The molecule has 0 aliphatic carbocycles. The van der Waals surface area contributed by atoms with Gasteiger partial charge >= 0.3 is 5.97 Å². The van der Waals surface area contributed by atoms with Crippen LogP contribution in [-0.2, 0) is 48.4 Å². The normalized spacial score (nSPS) is 13.3. The van der Waals surface area contributed by atoms with Gasteiger partial charge in [-0.2, -0.15) is 0 Å². The molecule has 3 heterocycles. The topological polar surface area (TPSA) is 163 Å². The van der Waals surface area contributed by atoms with Crippen molar-refractivity contribution in [3.05, 3.63) is 92.4 Å². The van der Waals surface area contributed by atoms with Crippen molar-refractivity contribution in [1.82, 2.24) is 19.6 Å². The SMILES string of the molecule is CCCCc1nc(C)c(CC(=O)N2CCOCC2)c(=O)n1Cc1ccc(-c2ccccc2S(=O)(=O)N(COC)c2noc(C)c2C)c(C(=O)OC)c1. The molecule has 1 aliphatic rings. The minimum Gasteiger partial charge on any atom is -0.465 e. The van der Waals surface area contributed by atoms with Crippen molar-refractivity contribution in [2.24, 2.45) is 0 Å². The molecule has 0 atom stereocenters. The summed E-state index contributed by atoms with van der Waals surface area (Å²) in [5, 5.41) is 3.98. The number of carbonyl (C=O) groups excluding carboxylic acids is 2. The third-order valence-corrected chi connectivity index (χ3v) is 11.0. The van der Waals surface area contributed by atoms with Crippen molar-refractivity contribution in [3.8, 4) is 11.1 Å². The van der Waals surface area contributed by atoms with Crippen LogP contribution in [0.25, 0.3) is 11.1 Å². The molecule has 5 rings (SSSR count). The number of ether oxygens (including phenoxy) is 3. The van der Waals surface area contributed by atoms with E-state index < -0.39 is 16.0 Å². The zero-order chi connectivity index (χ0) is 37.6. The molecule has 52 heavy (non-hydrogen) atoms. The first kappa shape index (κ1) is 38.4. The first-order valence-electron chi connectivity index (χ1n) is 17.1. The Kier molecular flexibility index (Phi) is 12.3. The number of sulfonamides is 1. The minimum absolute atomic E-state index is 0.0561. The number of anilines is 1. The van der Waals surface area contributed by atoms with E-state index in [0.29, 0.717) is 72.3 Å². The van der Waals surface area contributed by atoms with E-state index in [1.165, 1.54) is 20.3 Å². The van der Waals surface area contributed by atoms with E-state index in [2.05, 4.69) is 5.16 Å². The van der Waals surface area contributed by atoms with Crippen LogP contribution < -0.4 is 9.86 Å². The number of morpholine rings is 1. The molecule has 15 heteroatoms. The number of nitrogens with zero attached hydrogens (tertiary/aromatic N) is 5. The summed E-state index contributed by atoms with van der Waals surface area (Å²) in [7, 11) is -1.70. The molecular weight excluding hydrogens is 691 g/mol. The van der Waals surface area contributed by atoms with Crippen LogP contribution in [0.15, 0.2) is 56.7 Å². The summed E-state index contributed by atoms with van der Waals surface area (Å²) in [6.07, 6.45) is 2.13. The maximum atomic E-state index is 14.3. The predicted octanol–water partition coefficient (Wildman–Crippen LogP) is 4.20. The van der Waals surface area contributed by atoms with Crippen LogP contribution in [0.5, 0.6) is 0 Å². The lowest BCUT2D eigenvalue weighted by atomic mass is 9.97. The average Bonchev–Trinajstić information content (AvgIpc) is 3.48. The maximum absolute atomic E-state index is 14.3. The second kappa shape index (κ2) is 16.7. The molecule has 1 amide bonds. The van der Waals surface area contributed by atoms with E-state index in [4.69, 9.17) is 23.7 Å². The van der Waals surface area contributed by atoms with Crippen LogP contribution >= 0.6 is 0 Å². The molecule has 0 radical (unpaired) electrons. The number of esters is 1. The van der Waals surface area contributed by atoms with Crippen molar-refractivity contribution in [1.29, 1.82) is 0 Å². The molecule has 0 spiro atoms. The van der Waals surface area contributed by atoms with E-state index in [9.17, 15) is 22.8 Å². The van der Waals surface area contributed by atoms with Gasteiger partial charge in [0.1, 0.15) is 18.3 Å². The van der Waals surface area contributed by atoms with Crippen LogP contribution in [0.1, 0.15) is 64.1 Å². The smallest absolute Gasteiger partial charge is 0.338 e. The monoisotopic (exact) mass is 735 g/mol. The fraction of sp³-hybridized carbons (Fsp3) is 0.432. The lowest BCUT2D eigenvalue weighted by Crippen LogP contribution is -2.42. The fourth-order valence-electron chi connectivity index (χ4n) is 6.14. The quantitative estimate of drug-likeness (QED) is 0.135. The summed E-state index contributed by atoms with van der Waals surface area (Å²) in [6.45, 7) is 8.72. The number of aromatic nitrogens is 3. The van der Waals surface area contributed by atoms with Crippen molar-refractivity contribution in [2.45, 2.75) is 64.8 Å². The van der Waals surface area contributed by atoms with Gasteiger partial charge in [-0.25, -0.2) is 22.5 Å². The summed E-state index contributed by atoms with van der Waals surface area (Å²) < 4.78 is 52.3. The van der Waals surface area contributed by atoms with Gasteiger partial charge in [0.05, 0.1) is 43.7 Å². The molecule has 1 fully saturated rings. The highest BCUT2D eigenvalue weighted by molar-refractivity contribution is 7.93. The standard InChI is InChI=1S/C37H45N5O9S/c1-7-8-13-33-38-25(3)30(21-34(43)40-16-18-50-19-17-40)36(44)41(33)22-27-14-15-28(31(20-27)37(45)49-6)29-11-9-10-12-32(29)52(46,47)42(23-48-5)35-24(2)26(4)51-39-35/h9-12,14-15,20H,7-8,13,16-19,21-23H2,1-6H3. The number of hydrogen-bond donors (Lipinski definition) is 0. The van der Waals surface area contributed by atoms with Gasteiger partial charge in [0.25, 0.3) is 15.6 Å². The lowest BCUT2D eigenvalue weighted by Gasteiger charge is -2.27. The molecule has 14 nitrogen and oxygen atoms in total. The number of carbonyl (C=O) groups is 2. The van der Waals surface area contributed by atoms with Crippen LogP contribution in [0.2, 0.25) is 0 Å². The van der Waals surface area contributed by atoms with Crippen molar-refractivity contribution in [3.63, 3.8) is 0 Å². The van der Waals surface area contributed by atoms with Gasteiger partial charge in [-0.1, -0.05) is 48.8 Å². The Morgan fingerprint density at radius 1 is 1.02 bits per heavy atom. The molecule has 1 saturated heterocycles. The van der Waals surface area contributed by atoms with Crippen molar-refractivity contribution >= 4 is 27.7 Å². The number of benzene rings is 2. The third-order valence-electron chi connectivity index (χ3n) is 9.18. The molecule has 0 saturated carbocycles. The molecule has 0 unspecified atom stereocenters. The molecule has 0 bridgehead atoms. The Labute approximate surface area is 303 Å². The first-order chi connectivity index (χ1) is 24.9. The summed E-state index contributed by atoms with van der Waals surface area (Å²) in [5.41, 5.74) is 2.26. The Bertz CT molecular complexity index is 2100. The number of unbranched alkanes of at least 4 members (excludes halogenated alkanes) is 1. The highest BCUT2D eigenvalue weighted by Gasteiger charge is 2.33. The van der Waals surface area contributed by atoms with Crippen molar-refractivity contribution in [2.75, 3.05) is 51.6 Å². The average molecular weight is 736 g/mol. The molecule has 2 aromatic carbocycles. The van der Waals surface area contributed by atoms with Crippen LogP contribution in [0.3, 0.4) is 0 Å². The molecule has 2 aromatic heterocycles. The first-order valence-corrected chi connectivity index (χ1v) is 18.6. The minimum atomic E-state index is -4.32. The van der Waals surface area contributed by atoms with Crippen LogP contribution in [0, 0.1) is 20.8 Å². The number of methoxy groups -OCH3 is 2. The van der Waals surface area contributed by atoms with E-state index in [0.717, 1.165) is 17.1 Å².